The summed E-state index contributed by atoms with van der Waals surface area (Å²) in [4.78, 5) is 6.80. The third kappa shape index (κ3) is 2.92. The highest BCUT2D eigenvalue weighted by atomic mass is 79.9. The minimum Gasteiger partial charge on any atom is -0.383 e. The molecule has 3 nitrogen and oxygen atoms in total. The van der Waals surface area contributed by atoms with Gasteiger partial charge in [0.05, 0.1) is 6.61 Å². The molecule has 82 valence electrons. The van der Waals surface area contributed by atoms with Crippen LogP contribution in [0.25, 0.3) is 0 Å². The molecule has 0 bridgehead atoms. The van der Waals surface area contributed by atoms with E-state index >= 15 is 0 Å². The first-order valence-electron chi connectivity index (χ1n) is 5.19. The van der Waals surface area contributed by atoms with Crippen LogP contribution in [-0.2, 0) is 4.74 Å². The van der Waals surface area contributed by atoms with Crippen LogP contribution >= 0.6 is 15.9 Å². The molecule has 0 unspecified atom stereocenters. The molecular formula is C11H15BrN2O. The number of pyridine rings is 1. The smallest absolute Gasteiger partial charge is 0.130 e. The highest BCUT2D eigenvalue weighted by Gasteiger charge is 2.29. The minimum absolute atomic E-state index is 0.668. The molecule has 1 aromatic rings. The van der Waals surface area contributed by atoms with Gasteiger partial charge in [-0.15, -0.1) is 0 Å². The molecule has 0 N–H and O–H groups in total. The molecule has 0 radical (unpaired) electrons. The molecule has 2 rings (SSSR count). The first-order chi connectivity index (χ1) is 7.31. The summed E-state index contributed by atoms with van der Waals surface area (Å²) in [6, 6.07) is 6.69. The molecule has 4 heteroatoms. The second kappa shape index (κ2) is 4.94. The molecule has 1 aromatic heterocycles. The van der Waals surface area contributed by atoms with E-state index in [1.54, 1.807) is 7.11 Å². The zero-order valence-corrected chi connectivity index (χ0v) is 10.4. The molecule has 0 aliphatic heterocycles. The van der Waals surface area contributed by atoms with Crippen LogP contribution < -0.4 is 4.90 Å². The van der Waals surface area contributed by atoms with E-state index in [9.17, 15) is 0 Å². The van der Waals surface area contributed by atoms with Crippen LogP contribution in [0.3, 0.4) is 0 Å². The van der Waals surface area contributed by atoms with E-state index < -0.39 is 0 Å². The molecule has 0 saturated heterocycles. The number of anilines is 1. The molecule has 1 aliphatic rings. The second-order valence-corrected chi connectivity index (χ2v) is 4.55. The van der Waals surface area contributed by atoms with Gasteiger partial charge in [0, 0.05) is 19.7 Å². The second-order valence-electron chi connectivity index (χ2n) is 3.74. The maximum atomic E-state index is 5.12. The Bertz CT molecular complexity index is 328. The molecule has 0 atom stereocenters. The highest BCUT2D eigenvalue weighted by Crippen LogP contribution is 2.30. The molecular weight excluding hydrogens is 256 g/mol. The van der Waals surface area contributed by atoms with Gasteiger partial charge in [-0.2, -0.15) is 0 Å². The Morgan fingerprint density at radius 1 is 1.53 bits per heavy atom. The zero-order valence-electron chi connectivity index (χ0n) is 8.82. The fourth-order valence-corrected chi connectivity index (χ4v) is 1.95. The Kier molecular flexibility index (Phi) is 3.59. The number of halogens is 1. The number of aromatic nitrogens is 1. The van der Waals surface area contributed by atoms with E-state index in [2.05, 4.69) is 31.9 Å². The predicted octanol–water partition coefficient (Wildman–Crippen LogP) is 2.46. The maximum Gasteiger partial charge on any atom is 0.130 e. The van der Waals surface area contributed by atoms with Crippen molar-refractivity contribution in [3.05, 3.63) is 22.8 Å². The van der Waals surface area contributed by atoms with Crippen molar-refractivity contribution >= 4 is 21.7 Å². The number of ether oxygens (including phenoxy) is 1. The standard InChI is InChI=1S/C11H15BrN2O/c1-15-8-7-14(9-5-6-9)11-4-2-3-10(12)13-11/h2-4,9H,5-8H2,1H3. The summed E-state index contributed by atoms with van der Waals surface area (Å²) in [6.07, 6.45) is 2.55. The average Bonchev–Trinajstić information content (AvgIpc) is 3.03. The predicted molar refractivity (Wildman–Crippen MR) is 64.2 cm³/mol. The van der Waals surface area contributed by atoms with Crippen molar-refractivity contribution in [3.8, 4) is 0 Å². The van der Waals surface area contributed by atoms with Gasteiger partial charge in [-0.05, 0) is 40.9 Å². The van der Waals surface area contributed by atoms with Crippen molar-refractivity contribution in [1.82, 2.24) is 4.98 Å². The summed E-state index contributed by atoms with van der Waals surface area (Å²) in [5.74, 6) is 1.05. The van der Waals surface area contributed by atoms with Crippen LogP contribution in [0.15, 0.2) is 22.8 Å². The Labute approximate surface area is 98.6 Å². The van der Waals surface area contributed by atoms with Crippen LogP contribution in [0.1, 0.15) is 12.8 Å². The number of hydrogen-bond donors (Lipinski definition) is 0. The SMILES string of the molecule is COCCN(c1cccc(Br)n1)C1CC1. The molecule has 1 fully saturated rings. The van der Waals surface area contributed by atoms with E-state index in [1.165, 1.54) is 12.8 Å². The van der Waals surface area contributed by atoms with E-state index in [0.29, 0.717) is 6.04 Å². The van der Waals surface area contributed by atoms with E-state index in [4.69, 9.17) is 4.74 Å². The largest absolute Gasteiger partial charge is 0.383 e. The number of methoxy groups -OCH3 is 1. The molecule has 1 saturated carbocycles. The summed E-state index contributed by atoms with van der Waals surface area (Å²) in [7, 11) is 1.74. The summed E-state index contributed by atoms with van der Waals surface area (Å²) in [5.41, 5.74) is 0. The fraction of sp³-hybridized carbons (Fsp3) is 0.545. The Morgan fingerprint density at radius 2 is 2.33 bits per heavy atom. The van der Waals surface area contributed by atoms with Crippen molar-refractivity contribution < 1.29 is 4.74 Å². The van der Waals surface area contributed by atoms with E-state index in [-0.39, 0.29) is 0 Å². The van der Waals surface area contributed by atoms with Crippen LogP contribution in [0.4, 0.5) is 5.82 Å². The zero-order chi connectivity index (χ0) is 10.7. The van der Waals surface area contributed by atoms with Gasteiger partial charge >= 0.3 is 0 Å². The Balaban J connectivity index is 2.09. The lowest BCUT2D eigenvalue weighted by molar-refractivity contribution is 0.204. The number of hydrogen-bond acceptors (Lipinski definition) is 3. The number of nitrogens with zero attached hydrogens (tertiary/aromatic N) is 2. The van der Waals surface area contributed by atoms with Crippen LogP contribution in [0.5, 0.6) is 0 Å². The van der Waals surface area contributed by atoms with Gasteiger partial charge in [0.15, 0.2) is 0 Å². The first-order valence-corrected chi connectivity index (χ1v) is 5.98. The fourth-order valence-electron chi connectivity index (χ4n) is 1.62. The normalized spacial score (nSPS) is 15.3. The molecule has 0 amide bonds. The topological polar surface area (TPSA) is 25.4 Å². The van der Waals surface area contributed by atoms with Gasteiger partial charge in [-0.25, -0.2) is 4.98 Å². The molecule has 0 spiro atoms. The van der Waals surface area contributed by atoms with Crippen LogP contribution in [0, 0.1) is 0 Å². The summed E-state index contributed by atoms with van der Waals surface area (Å²) >= 11 is 3.40. The summed E-state index contributed by atoms with van der Waals surface area (Å²) < 4.78 is 6.01. The van der Waals surface area contributed by atoms with Gasteiger partial charge in [-0.1, -0.05) is 6.07 Å². The lowest BCUT2D eigenvalue weighted by Crippen LogP contribution is -2.30. The Morgan fingerprint density at radius 3 is 2.93 bits per heavy atom. The van der Waals surface area contributed by atoms with Gasteiger partial charge < -0.3 is 9.64 Å². The average molecular weight is 271 g/mol. The molecule has 15 heavy (non-hydrogen) atoms. The van der Waals surface area contributed by atoms with Gasteiger partial charge in [0.25, 0.3) is 0 Å². The third-order valence-corrected chi connectivity index (χ3v) is 2.96. The number of rotatable bonds is 5. The van der Waals surface area contributed by atoms with E-state index in [1.807, 2.05) is 12.1 Å². The first kappa shape index (κ1) is 10.9. The van der Waals surface area contributed by atoms with E-state index in [0.717, 1.165) is 23.6 Å². The lowest BCUT2D eigenvalue weighted by Gasteiger charge is -2.23. The molecule has 1 aliphatic carbocycles. The molecule has 1 heterocycles. The van der Waals surface area contributed by atoms with Crippen molar-refractivity contribution in [2.75, 3.05) is 25.2 Å². The van der Waals surface area contributed by atoms with Crippen molar-refractivity contribution in [2.24, 2.45) is 0 Å². The van der Waals surface area contributed by atoms with Gasteiger partial charge in [-0.3, -0.25) is 0 Å². The van der Waals surface area contributed by atoms with Gasteiger partial charge in [0.1, 0.15) is 10.4 Å². The molecule has 0 aromatic carbocycles. The van der Waals surface area contributed by atoms with Crippen molar-refractivity contribution in [1.29, 1.82) is 0 Å². The quantitative estimate of drug-likeness (QED) is 0.769. The highest BCUT2D eigenvalue weighted by molar-refractivity contribution is 9.10. The monoisotopic (exact) mass is 270 g/mol. The van der Waals surface area contributed by atoms with Crippen molar-refractivity contribution in [3.63, 3.8) is 0 Å². The summed E-state index contributed by atoms with van der Waals surface area (Å²) in [6.45, 7) is 1.68. The van der Waals surface area contributed by atoms with Gasteiger partial charge in [0.2, 0.25) is 0 Å². The van der Waals surface area contributed by atoms with Crippen LogP contribution in [-0.4, -0.2) is 31.3 Å². The minimum atomic E-state index is 0.668. The van der Waals surface area contributed by atoms with Crippen molar-refractivity contribution in [2.45, 2.75) is 18.9 Å². The third-order valence-electron chi connectivity index (χ3n) is 2.52. The Hall–Kier alpha value is -0.610. The lowest BCUT2D eigenvalue weighted by atomic mass is 10.4. The maximum absolute atomic E-state index is 5.12. The van der Waals surface area contributed by atoms with Crippen LogP contribution in [0.2, 0.25) is 0 Å². The summed E-state index contributed by atoms with van der Waals surface area (Å²) in [5, 5.41) is 0.